The third-order valence-electron chi connectivity index (χ3n) is 9.47. The molecule has 210 valence electrons. The molecule has 0 heterocycles. The number of carbonyl (C=O) groups is 3. The van der Waals surface area contributed by atoms with Gasteiger partial charge in [0.1, 0.15) is 16.7 Å². The van der Waals surface area contributed by atoms with E-state index in [-0.39, 0.29) is 37.2 Å². The number of Topliss-reactive ketones (excluding diaryl/α,β-unsaturated/α-hetero) is 3. The number of hydrogen-bond acceptors (Lipinski definition) is 6. The van der Waals surface area contributed by atoms with Crippen LogP contribution in [-0.2, 0) is 14.4 Å². The number of fused-ring (bicyclic) bond motifs is 1. The van der Waals surface area contributed by atoms with Gasteiger partial charge in [-0.1, -0.05) is 53.6 Å². The minimum atomic E-state index is -1.75. The van der Waals surface area contributed by atoms with E-state index in [2.05, 4.69) is 0 Å². The quantitative estimate of drug-likeness (QED) is 0.147. The van der Waals surface area contributed by atoms with E-state index < -0.39 is 51.1 Å². The molecule has 0 bridgehead atoms. The average molecular weight is 535 g/mol. The first-order valence-corrected chi connectivity index (χ1v) is 13.9. The second kappa shape index (κ2) is 9.97. The molecular weight excluding hydrogens is 492 g/mol. The summed E-state index contributed by atoms with van der Waals surface area (Å²) in [6.07, 6.45) is 4.74. The first-order chi connectivity index (χ1) is 18.1. The van der Waals surface area contributed by atoms with Gasteiger partial charge in [-0.15, -0.1) is 0 Å². The number of aliphatic hydroxyl groups is 3. The van der Waals surface area contributed by atoms with Crippen molar-refractivity contribution in [1.82, 2.24) is 0 Å². The molecule has 4 rings (SSSR count). The van der Waals surface area contributed by atoms with Crippen LogP contribution < -0.4 is 0 Å². The van der Waals surface area contributed by atoms with Crippen molar-refractivity contribution in [3.63, 3.8) is 0 Å². The van der Waals surface area contributed by atoms with E-state index in [1.807, 2.05) is 39.8 Å². The van der Waals surface area contributed by atoms with Crippen LogP contribution in [-0.4, -0.2) is 43.9 Å². The Kier molecular flexibility index (Phi) is 7.46. The minimum Gasteiger partial charge on any atom is -0.506 e. The van der Waals surface area contributed by atoms with E-state index in [0.717, 1.165) is 11.1 Å². The van der Waals surface area contributed by atoms with Gasteiger partial charge in [-0.05, 0) is 91.9 Å². The van der Waals surface area contributed by atoms with Crippen LogP contribution in [0.1, 0.15) is 85.6 Å². The zero-order valence-electron chi connectivity index (χ0n) is 24.0. The van der Waals surface area contributed by atoms with Gasteiger partial charge in [0.2, 0.25) is 0 Å². The summed E-state index contributed by atoms with van der Waals surface area (Å²) < 4.78 is 0. The fraction of sp³-hybridized carbons (Fsp3) is 0.545. The van der Waals surface area contributed by atoms with Gasteiger partial charge >= 0.3 is 0 Å². The van der Waals surface area contributed by atoms with Gasteiger partial charge in [-0.3, -0.25) is 14.4 Å². The summed E-state index contributed by atoms with van der Waals surface area (Å²) in [4.78, 5) is 43.8. The van der Waals surface area contributed by atoms with Crippen molar-refractivity contribution >= 4 is 23.1 Å². The summed E-state index contributed by atoms with van der Waals surface area (Å²) in [5, 5.41) is 34.5. The molecule has 0 aromatic heterocycles. The Labute approximate surface area is 231 Å². The lowest BCUT2D eigenvalue weighted by atomic mass is 9.47. The molecule has 5 unspecified atom stereocenters. The van der Waals surface area contributed by atoms with E-state index in [9.17, 15) is 29.7 Å². The predicted octanol–water partition coefficient (Wildman–Crippen LogP) is 5.68. The maximum atomic E-state index is 14.9. The van der Waals surface area contributed by atoms with Crippen LogP contribution in [0.15, 0.2) is 59.2 Å². The molecule has 3 aliphatic carbocycles. The molecule has 3 N–H and O–H groups in total. The first kappa shape index (κ1) is 29.2. The van der Waals surface area contributed by atoms with Gasteiger partial charge in [-0.25, -0.2) is 0 Å². The number of carbonyl (C=O) groups excluding carboxylic acids is 3. The maximum Gasteiger partial charge on any atom is 0.184 e. The Balaban J connectivity index is 2.04. The molecule has 1 aromatic rings. The molecule has 39 heavy (non-hydrogen) atoms. The number of hydrogen-bond donors (Lipinski definition) is 3. The van der Waals surface area contributed by atoms with Crippen molar-refractivity contribution in [3.05, 3.63) is 64.8 Å². The Hall–Kier alpha value is -2.83. The Morgan fingerprint density at radius 3 is 1.97 bits per heavy atom. The van der Waals surface area contributed by atoms with E-state index in [1.165, 1.54) is 0 Å². The van der Waals surface area contributed by atoms with Gasteiger partial charge < -0.3 is 15.3 Å². The zero-order chi connectivity index (χ0) is 29.0. The maximum absolute atomic E-state index is 14.9. The standard InChI is InChI=1S/C33H42O6/c1-20(2)12-16-32(17-13-21(3)4)27(35)25(26(34)22-10-8-7-9-11-22)28(36)33(29(32)37)18-24-23(31(6,39)19-33)14-15-30(24,5)38/h7-13,23-24,34,38-39H,14-19H2,1-6H3. The zero-order valence-corrected chi connectivity index (χ0v) is 24.0. The third kappa shape index (κ3) is 4.76. The van der Waals surface area contributed by atoms with Crippen LogP contribution in [0, 0.1) is 22.7 Å². The fourth-order valence-corrected chi connectivity index (χ4v) is 7.32. The highest BCUT2D eigenvalue weighted by molar-refractivity contribution is 6.41. The molecule has 1 spiro atoms. The predicted molar refractivity (Wildman–Crippen MR) is 151 cm³/mol. The van der Waals surface area contributed by atoms with Crippen molar-refractivity contribution in [2.75, 3.05) is 0 Å². The summed E-state index contributed by atoms with van der Waals surface area (Å²) >= 11 is 0. The largest absolute Gasteiger partial charge is 0.506 e. The normalized spacial score (nSPS) is 35.0. The fourth-order valence-electron chi connectivity index (χ4n) is 7.32. The lowest BCUT2D eigenvalue weighted by Gasteiger charge is -2.54. The van der Waals surface area contributed by atoms with Crippen molar-refractivity contribution in [3.8, 4) is 0 Å². The number of benzene rings is 1. The minimum absolute atomic E-state index is 0.0305. The number of allylic oxidation sites excluding steroid dienone is 5. The Morgan fingerprint density at radius 2 is 1.44 bits per heavy atom. The topological polar surface area (TPSA) is 112 Å². The second-order valence-electron chi connectivity index (χ2n) is 13.1. The molecular formula is C33H42O6. The highest BCUT2D eigenvalue weighted by atomic mass is 16.3. The smallest absolute Gasteiger partial charge is 0.184 e. The summed E-state index contributed by atoms with van der Waals surface area (Å²) in [6.45, 7) is 10.9. The number of rotatable bonds is 5. The van der Waals surface area contributed by atoms with Crippen LogP contribution in [0.4, 0.5) is 0 Å². The molecule has 6 nitrogen and oxygen atoms in total. The molecule has 0 amide bonds. The van der Waals surface area contributed by atoms with Crippen LogP contribution >= 0.6 is 0 Å². The highest BCUT2D eigenvalue weighted by Gasteiger charge is 2.70. The number of ketones is 3. The van der Waals surface area contributed by atoms with Gasteiger partial charge in [0.25, 0.3) is 0 Å². The molecule has 3 fully saturated rings. The lowest BCUT2D eigenvalue weighted by Crippen LogP contribution is -2.65. The Morgan fingerprint density at radius 1 is 0.872 bits per heavy atom. The highest BCUT2D eigenvalue weighted by Crippen LogP contribution is 2.62. The van der Waals surface area contributed by atoms with E-state index >= 15 is 0 Å². The molecule has 0 saturated heterocycles. The number of aliphatic hydroxyl groups excluding tert-OH is 1. The van der Waals surface area contributed by atoms with E-state index in [1.54, 1.807) is 44.2 Å². The van der Waals surface area contributed by atoms with E-state index in [4.69, 9.17) is 0 Å². The first-order valence-electron chi connectivity index (χ1n) is 13.9. The molecule has 6 heteroatoms. The third-order valence-corrected chi connectivity index (χ3v) is 9.47. The van der Waals surface area contributed by atoms with Gasteiger partial charge in [0, 0.05) is 5.56 Å². The lowest BCUT2D eigenvalue weighted by molar-refractivity contribution is -0.175. The van der Waals surface area contributed by atoms with Crippen LogP contribution in [0.5, 0.6) is 0 Å². The van der Waals surface area contributed by atoms with Crippen molar-refractivity contribution in [1.29, 1.82) is 0 Å². The summed E-state index contributed by atoms with van der Waals surface area (Å²) in [6, 6.07) is 8.42. The van der Waals surface area contributed by atoms with Crippen molar-refractivity contribution in [2.24, 2.45) is 22.7 Å². The van der Waals surface area contributed by atoms with E-state index in [0.29, 0.717) is 18.4 Å². The molecule has 0 radical (unpaired) electrons. The molecule has 0 aliphatic heterocycles. The summed E-state index contributed by atoms with van der Waals surface area (Å²) in [5.74, 6) is -3.17. The second-order valence-corrected chi connectivity index (χ2v) is 13.1. The average Bonchev–Trinajstić information content (AvgIpc) is 3.17. The van der Waals surface area contributed by atoms with Crippen LogP contribution in [0.25, 0.3) is 5.76 Å². The molecule has 1 aromatic carbocycles. The van der Waals surface area contributed by atoms with Crippen LogP contribution in [0.3, 0.4) is 0 Å². The molecule has 3 aliphatic rings. The van der Waals surface area contributed by atoms with Crippen LogP contribution in [0.2, 0.25) is 0 Å². The van der Waals surface area contributed by atoms with Gasteiger partial charge in [0.15, 0.2) is 17.3 Å². The summed E-state index contributed by atoms with van der Waals surface area (Å²) in [7, 11) is 0. The van der Waals surface area contributed by atoms with Gasteiger partial charge in [-0.2, -0.15) is 0 Å². The monoisotopic (exact) mass is 534 g/mol. The van der Waals surface area contributed by atoms with Gasteiger partial charge in [0.05, 0.1) is 16.6 Å². The van der Waals surface area contributed by atoms with Crippen molar-refractivity contribution < 1.29 is 29.7 Å². The van der Waals surface area contributed by atoms with Crippen molar-refractivity contribution in [2.45, 2.75) is 91.3 Å². The summed E-state index contributed by atoms with van der Waals surface area (Å²) in [5.41, 5.74) is -4.19. The molecule has 3 saturated carbocycles. The SMILES string of the molecule is CC(C)=CCC1(CC=C(C)C)C(=O)C(=C(O)c2ccccc2)C(=O)C2(CC3C(CCC3(C)O)C(C)(O)C2)C1=O. The Bertz CT molecular complexity index is 1250. The molecule has 5 atom stereocenters.